The number of carbonyl (C=O) groups is 1. The largest absolute Gasteiger partial charge is 0.359 e. The Labute approximate surface area is 181 Å². The standard InChI is InChI=1S/C23H26N6O2/c30-23(24-15-20-14-21(27-31-20)17-6-2-1-3-7-17)29(18-10-11-18)19-8-5-13-28(16-19)22-9-4-12-25-26-22/h1-4,6-7,9,12,14,18-19H,5,8,10-11,13,15-16H2,(H,24,30)/t19-/m1/s1. The smallest absolute Gasteiger partial charge is 0.318 e. The van der Waals surface area contributed by atoms with Gasteiger partial charge in [-0.1, -0.05) is 35.5 Å². The van der Waals surface area contributed by atoms with Crippen LogP contribution in [0.25, 0.3) is 11.3 Å². The molecule has 1 saturated heterocycles. The number of carbonyl (C=O) groups excluding carboxylic acids is 1. The summed E-state index contributed by atoms with van der Waals surface area (Å²) in [5.41, 5.74) is 1.77. The first-order chi connectivity index (χ1) is 15.3. The number of hydrogen-bond donors (Lipinski definition) is 1. The molecule has 2 aromatic heterocycles. The molecule has 1 aliphatic heterocycles. The molecular weight excluding hydrogens is 392 g/mol. The number of urea groups is 1. The third-order valence-electron chi connectivity index (χ3n) is 5.89. The van der Waals surface area contributed by atoms with Gasteiger partial charge >= 0.3 is 6.03 Å². The third-order valence-corrected chi connectivity index (χ3v) is 5.89. The Morgan fingerprint density at radius 2 is 2.00 bits per heavy atom. The summed E-state index contributed by atoms with van der Waals surface area (Å²) in [6.45, 7) is 2.04. The molecule has 0 bridgehead atoms. The van der Waals surface area contributed by atoms with Crippen molar-refractivity contribution < 1.29 is 9.32 Å². The molecule has 8 heteroatoms. The number of rotatable bonds is 6. The van der Waals surface area contributed by atoms with Gasteiger partial charge in [0.1, 0.15) is 5.69 Å². The lowest BCUT2D eigenvalue weighted by Gasteiger charge is -2.39. The lowest BCUT2D eigenvalue weighted by Crippen LogP contribution is -2.54. The maximum atomic E-state index is 13.1. The van der Waals surface area contributed by atoms with Gasteiger partial charge in [-0.05, 0) is 37.8 Å². The minimum absolute atomic E-state index is 0.0360. The van der Waals surface area contributed by atoms with Gasteiger partial charge in [-0.3, -0.25) is 0 Å². The van der Waals surface area contributed by atoms with Crippen LogP contribution in [0.2, 0.25) is 0 Å². The van der Waals surface area contributed by atoms with Gasteiger partial charge < -0.3 is 19.6 Å². The van der Waals surface area contributed by atoms with E-state index < -0.39 is 0 Å². The van der Waals surface area contributed by atoms with Crippen LogP contribution in [0.15, 0.2) is 59.3 Å². The molecule has 1 atom stereocenters. The predicted molar refractivity (Wildman–Crippen MR) is 116 cm³/mol. The van der Waals surface area contributed by atoms with Gasteiger partial charge in [0.25, 0.3) is 0 Å². The van der Waals surface area contributed by atoms with Crippen LogP contribution in [-0.2, 0) is 6.54 Å². The minimum atomic E-state index is -0.0360. The van der Waals surface area contributed by atoms with E-state index in [0.29, 0.717) is 18.3 Å². The molecule has 8 nitrogen and oxygen atoms in total. The maximum absolute atomic E-state index is 13.1. The van der Waals surface area contributed by atoms with E-state index in [2.05, 4.69) is 25.6 Å². The number of piperidine rings is 1. The lowest BCUT2D eigenvalue weighted by atomic mass is 10.0. The predicted octanol–water partition coefficient (Wildman–Crippen LogP) is 3.47. The summed E-state index contributed by atoms with van der Waals surface area (Å²) in [5, 5.41) is 15.4. The quantitative estimate of drug-likeness (QED) is 0.660. The zero-order chi connectivity index (χ0) is 21.0. The number of nitrogens with zero attached hydrogens (tertiary/aromatic N) is 5. The second kappa shape index (κ2) is 8.75. The van der Waals surface area contributed by atoms with Crippen LogP contribution in [0, 0.1) is 0 Å². The van der Waals surface area contributed by atoms with E-state index in [1.807, 2.05) is 53.4 Å². The second-order valence-corrected chi connectivity index (χ2v) is 8.17. The molecule has 160 valence electrons. The SMILES string of the molecule is O=C(NCc1cc(-c2ccccc2)no1)N(C1CC1)[C@@H]1CCCN(c2cccnn2)C1. The first kappa shape index (κ1) is 19.5. The molecule has 1 N–H and O–H groups in total. The Bertz CT molecular complexity index is 1010. The van der Waals surface area contributed by atoms with Crippen LogP contribution in [0.1, 0.15) is 31.4 Å². The summed E-state index contributed by atoms with van der Waals surface area (Å²) in [7, 11) is 0. The van der Waals surface area contributed by atoms with Gasteiger partial charge in [-0.25, -0.2) is 4.79 Å². The number of nitrogens with one attached hydrogen (secondary N) is 1. The van der Waals surface area contributed by atoms with Crippen molar-refractivity contribution in [1.82, 2.24) is 25.6 Å². The zero-order valence-corrected chi connectivity index (χ0v) is 17.4. The van der Waals surface area contributed by atoms with Crippen molar-refractivity contribution in [3.8, 4) is 11.3 Å². The molecule has 0 radical (unpaired) electrons. The summed E-state index contributed by atoms with van der Waals surface area (Å²) in [4.78, 5) is 17.4. The second-order valence-electron chi connectivity index (χ2n) is 8.17. The Balaban J connectivity index is 1.23. The van der Waals surface area contributed by atoms with E-state index in [0.717, 1.165) is 55.8 Å². The van der Waals surface area contributed by atoms with Crippen LogP contribution in [0.3, 0.4) is 0 Å². The average Bonchev–Trinajstić information content (AvgIpc) is 3.54. The summed E-state index contributed by atoms with van der Waals surface area (Å²) in [6, 6.07) is 16.1. The lowest BCUT2D eigenvalue weighted by molar-refractivity contribution is 0.159. The van der Waals surface area contributed by atoms with Crippen molar-refractivity contribution in [3.63, 3.8) is 0 Å². The van der Waals surface area contributed by atoms with Crippen LogP contribution >= 0.6 is 0 Å². The first-order valence-corrected chi connectivity index (χ1v) is 10.9. The van der Waals surface area contributed by atoms with Crippen molar-refractivity contribution in [2.45, 2.75) is 44.3 Å². The summed E-state index contributed by atoms with van der Waals surface area (Å²) < 4.78 is 5.44. The van der Waals surface area contributed by atoms with Gasteiger partial charge in [-0.2, -0.15) is 5.10 Å². The van der Waals surface area contributed by atoms with Gasteiger partial charge in [0.2, 0.25) is 0 Å². The monoisotopic (exact) mass is 418 g/mol. The summed E-state index contributed by atoms with van der Waals surface area (Å²) in [5.74, 6) is 1.52. The zero-order valence-electron chi connectivity index (χ0n) is 17.4. The van der Waals surface area contributed by atoms with Crippen LogP contribution in [0.4, 0.5) is 10.6 Å². The highest BCUT2D eigenvalue weighted by molar-refractivity contribution is 5.75. The highest BCUT2D eigenvalue weighted by Gasteiger charge is 2.39. The molecule has 1 saturated carbocycles. The Morgan fingerprint density at radius 1 is 1.13 bits per heavy atom. The Morgan fingerprint density at radius 3 is 2.77 bits per heavy atom. The van der Waals surface area contributed by atoms with E-state index in [-0.39, 0.29) is 12.1 Å². The fourth-order valence-corrected chi connectivity index (χ4v) is 4.23. The number of anilines is 1. The number of benzene rings is 1. The summed E-state index contributed by atoms with van der Waals surface area (Å²) in [6.07, 6.45) is 5.84. The highest BCUT2D eigenvalue weighted by atomic mass is 16.5. The third kappa shape index (κ3) is 4.52. The fourth-order valence-electron chi connectivity index (χ4n) is 4.23. The molecule has 3 heterocycles. The molecule has 2 amide bonds. The summed E-state index contributed by atoms with van der Waals surface area (Å²) >= 11 is 0. The van der Waals surface area contributed by atoms with Gasteiger partial charge in [0.15, 0.2) is 11.6 Å². The molecule has 0 spiro atoms. The highest BCUT2D eigenvalue weighted by Crippen LogP contribution is 2.32. The molecular formula is C23H26N6O2. The van der Waals surface area contributed by atoms with Crippen molar-refractivity contribution in [3.05, 3.63) is 60.5 Å². The van der Waals surface area contributed by atoms with Crippen molar-refractivity contribution in [2.75, 3.05) is 18.0 Å². The van der Waals surface area contributed by atoms with E-state index in [9.17, 15) is 4.79 Å². The van der Waals surface area contributed by atoms with E-state index in [1.54, 1.807) is 6.20 Å². The molecule has 2 aliphatic rings. The van der Waals surface area contributed by atoms with Crippen molar-refractivity contribution in [1.29, 1.82) is 0 Å². The molecule has 1 aliphatic carbocycles. The molecule has 3 aromatic rings. The van der Waals surface area contributed by atoms with Crippen molar-refractivity contribution in [2.24, 2.45) is 0 Å². The molecule has 1 aromatic carbocycles. The van der Waals surface area contributed by atoms with E-state index in [1.165, 1.54) is 0 Å². The molecule has 0 unspecified atom stereocenters. The first-order valence-electron chi connectivity index (χ1n) is 10.9. The van der Waals surface area contributed by atoms with Gasteiger partial charge in [0, 0.05) is 37.0 Å². The molecule has 2 fully saturated rings. The van der Waals surface area contributed by atoms with Crippen molar-refractivity contribution >= 4 is 11.8 Å². The normalized spacial score (nSPS) is 18.6. The molecule has 5 rings (SSSR count). The van der Waals surface area contributed by atoms with Crippen LogP contribution < -0.4 is 10.2 Å². The number of amides is 2. The van der Waals surface area contributed by atoms with Gasteiger partial charge in [0.05, 0.1) is 12.6 Å². The van der Waals surface area contributed by atoms with Crippen LogP contribution in [0.5, 0.6) is 0 Å². The Kier molecular flexibility index (Phi) is 5.52. The number of aromatic nitrogens is 3. The maximum Gasteiger partial charge on any atom is 0.318 e. The van der Waals surface area contributed by atoms with E-state index >= 15 is 0 Å². The number of hydrogen-bond acceptors (Lipinski definition) is 6. The molecule has 31 heavy (non-hydrogen) atoms. The van der Waals surface area contributed by atoms with E-state index in [4.69, 9.17) is 4.52 Å². The Hall–Kier alpha value is -3.42. The van der Waals surface area contributed by atoms with Crippen LogP contribution in [-0.4, -0.2) is 51.5 Å². The minimum Gasteiger partial charge on any atom is -0.359 e. The average molecular weight is 419 g/mol. The fraction of sp³-hybridized carbons (Fsp3) is 0.391. The van der Waals surface area contributed by atoms with Gasteiger partial charge in [-0.15, -0.1) is 5.10 Å². The topological polar surface area (TPSA) is 87.4 Å².